The second-order valence-corrected chi connectivity index (χ2v) is 5.28. The van der Waals surface area contributed by atoms with Crippen molar-refractivity contribution in [1.29, 1.82) is 0 Å². The van der Waals surface area contributed by atoms with Gasteiger partial charge in [-0.15, -0.1) is 0 Å². The highest BCUT2D eigenvalue weighted by Gasteiger charge is 2.24. The maximum absolute atomic E-state index is 12.2. The number of carbonyl (C=O) groups is 2. The van der Waals surface area contributed by atoms with Crippen LogP contribution in [0.5, 0.6) is 0 Å². The molecule has 0 fully saturated rings. The van der Waals surface area contributed by atoms with Crippen molar-refractivity contribution in [2.75, 3.05) is 5.73 Å². The fraction of sp³-hybridized carbons (Fsp3) is 0.538. The highest BCUT2D eigenvalue weighted by atomic mass is 16.2. The Kier molecular flexibility index (Phi) is 5.01. The number of nitrogens with one attached hydrogen (secondary N) is 1. The molecule has 1 atom stereocenters. The smallest absolute Gasteiger partial charge is 0.272 e. The number of amides is 2. The van der Waals surface area contributed by atoms with Crippen molar-refractivity contribution in [3.63, 3.8) is 0 Å². The van der Waals surface area contributed by atoms with Gasteiger partial charge in [0.25, 0.3) is 5.91 Å². The van der Waals surface area contributed by atoms with Gasteiger partial charge >= 0.3 is 0 Å². The van der Waals surface area contributed by atoms with Crippen LogP contribution in [-0.4, -0.2) is 27.8 Å². The van der Waals surface area contributed by atoms with Gasteiger partial charge in [-0.2, -0.15) is 0 Å². The van der Waals surface area contributed by atoms with Crippen LogP contribution in [0.1, 0.15) is 49.9 Å². The summed E-state index contributed by atoms with van der Waals surface area (Å²) in [4.78, 5) is 31.7. The molecule has 7 heteroatoms. The number of nitrogens with two attached hydrogens (primary N) is 2. The molecule has 1 aromatic heterocycles. The number of carbonyl (C=O) groups excluding carboxylic acids is 2. The maximum Gasteiger partial charge on any atom is 0.272 e. The highest BCUT2D eigenvalue weighted by molar-refractivity contribution is 5.99. The van der Waals surface area contributed by atoms with Gasteiger partial charge in [0, 0.05) is 5.92 Å². The lowest BCUT2D eigenvalue weighted by atomic mass is 10.0. The van der Waals surface area contributed by atoms with Gasteiger partial charge in [-0.05, 0) is 5.92 Å². The summed E-state index contributed by atoms with van der Waals surface area (Å²) in [6.45, 7) is 7.40. The Balaban J connectivity index is 3.02. The number of hydrogen-bond acceptors (Lipinski definition) is 5. The molecule has 0 aliphatic heterocycles. The molecule has 1 aromatic rings. The number of primary amides is 1. The minimum atomic E-state index is -0.764. The van der Waals surface area contributed by atoms with Gasteiger partial charge in [0.2, 0.25) is 5.91 Å². The Morgan fingerprint density at radius 1 is 1.25 bits per heavy atom. The minimum Gasteiger partial charge on any atom is -0.396 e. The van der Waals surface area contributed by atoms with Crippen LogP contribution in [0.25, 0.3) is 0 Å². The summed E-state index contributed by atoms with van der Waals surface area (Å²) in [5, 5.41) is 2.56. The Labute approximate surface area is 118 Å². The molecule has 2 amide bonds. The van der Waals surface area contributed by atoms with E-state index in [1.807, 2.05) is 13.8 Å². The molecule has 0 radical (unpaired) electrons. The molecule has 0 aliphatic carbocycles. The Morgan fingerprint density at radius 2 is 1.85 bits per heavy atom. The molecule has 0 bridgehead atoms. The monoisotopic (exact) mass is 279 g/mol. The molecule has 1 heterocycles. The van der Waals surface area contributed by atoms with E-state index in [1.165, 1.54) is 6.20 Å². The molecule has 0 aliphatic rings. The van der Waals surface area contributed by atoms with Gasteiger partial charge < -0.3 is 16.8 Å². The third-order valence-corrected chi connectivity index (χ3v) is 2.83. The van der Waals surface area contributed by atoms with Crippen molar-refractivity contribution in [2.24, 2.45) is 11.7 Å². The van der Waals surface area contributed by atoms with Gasteiger partial charge in [0.15, 0.2) is 5.69 Å². The van der Waals surface area contributed by atoms with Gasteiger partial charge in [0.1, 0.15) is 11.9 Å². The van der Waals surface area contributed by atoms with E-state index < -0.39 is 17.9 Å². The van der Waals surface area contributed by atoms with E-state index in [-0.39, 0.29) is 23.2 Å². The molecule has 7 nitrogen and oxygen atoms in total. The van der Waals surface area contributed by atoms with E-state index >= 15 is 0 Å². The van der Waals surface area contributed by atoms with Crippen LogP contribution in [0, 0.1) is 5.92 Å². The van der Waals surface area contributed by atoms with Crippen molar-refractivity contribution in [3.8, 4) is 0 Å². The fourth-order valence-electron chi connectivity index (χ4n) is 1.64. The molecule has 5 N–H and O–H groups in total. The first-order chi connectivity index (χ1) is 9.23. The topological polar surface area (TPSA) is 124 Å². The third kappa shape index (κ3) is 3.66. The summed E-state index contributed by atoms with van der Waals surface area (Å²) in [7, 11) is 0. The fourth-order valence-corrected chi connectivity index (χ4v) is 1.64. The summed E-state index contributed by atoms with van der Waals surface area (Å²) in [6, 6.07) is -0.764. The van der Waals surface area contributed by atoms with Gasteiger partial charge in [-0.1, -0.05) is 27.7 Å². The predicted octanol–water partition coefficient (Wildman–Crippen LogP) is 0.422. The van der Waals surface area contributed by atoms with Crippen molar-refractivity contribution < 1.29 is 9.59 Å². The first-order valence-corrected chi connectivity index (χ1v) is 6.46. The standard InChI is InChI=1S/C13H21N5O2/c1-6(2)9(11(15)19)18-13(20)10-8(14)5-16-12(17-10)7(3)4/h5-7,9H,14H2,1-4H3,(H2,15,19)(H,18,20). The molecule has 0 saturated heterocycles. The van der Waals surface area contributed by atoms with Crippen LogP contribution >= 0.6 is 0 Å². The lowest BCUT2D eigenvalue weighted by Gasteiger charge is -2.19. The number of aromatic nitrogens is 2. The van der Waals surface area contributed by atoms with Crippen LogP contribution in [0.15, 0.2) is 6.20 Å². The summed E-state index contributed by atoms with van der Waals surface area (Å²) >= 11 is 0. The van der Waals surface area contributed by atoms with E-state index in [0.29, 0.717) is 5.82 Å². The van der Waals surface area contributed by atoms with Crippen LogP contribution < -0.4 is 16.8 Å². The van der Waals surface area contributed by atoms with E-state index in [4.69, 9.17) is 11.5 Å². The number of hydrogen-bond donors (Lipinski definition) is 3. The average Bonchev–Trinajstić information content (AvgIpc) is 2.34. The summed E-state index contributed by atoms with van der Waals surface area (Å²) in [5.41, 5.74) is 11.2. The van der Waals surface area contributed by atoms with Gasteiger partial charge in [0.05, 0.1) is 11.9 Å². The molecule has 1 unspecified atom stereocenters. The molecule has 20 heavy (non-hydrogen) atoms. The van der Waals surface area contributed by atoms with Crippen molar-refractivity contribution in [2.45, 2.75) is 39.7 Å². The number of rotatable bonds is 5. The zero-order chi connectivity index (χ0) is 15.4. The lowest BCUT2D eigenvalue weighted by Crippen LogP contribution is -2.48. The predicted molar refractivity (Wildman–Crippen MR) is 75.8 cm³/mol. The second-order valence-electron chi connectivity index (χ2n) is 5.28. The normalized spacial score (nSPS) is 12.5. The van der Waals surface area contributed by atoms with Gasteiger partial charge in [-0.25, -0.2) is 9.97 Å². The Hall–Kier alpha value is -2.18. The van der Waals surface area contributed by atoms with Crippen LogP contribution in [0.3, 0.4) is 0 Å². The SMILES string of the molecule is CC(C)c1ncc(N)c(C(=O)NC(C(N)=O)C(C)C)n1. The van der Waals surface area contributed by atoms with Crippen LogP contribution in [0.4, 0.5) is 5.69 Å². The molecule has 0 spiro atoms. The van der Waals surface area contributed by atoms with Gasteiger partial charge in [-0.3, -0.25) is 9.59 Å². The first kappa shape index (κ1) is 15.9. The highest BCUT2D eigenvalue weighted by Crippen LogP contribution is 2.14. The quantitative estimate of drug-likeness (QED) is 0.720. The first-order valence-electron chi connectivity index (χ1n) is 6.46. The average molecular weight is 279 g/mol. The van der Waals surface area contributed by atoms with Crippen LogP contribution in [-0.2, 0) is 4.79 Å². The summed E-state index contributed by atoms with van der Waals surface area (Å²) in [5.74, 6) is -0.651. The molecular formula is C13H21N5O2. The molecular weight excluding hydrogens is 258 g/mol. The third-order valence-electron chi connectivity index (χ3n) is 2.83. The molecule has 0 aromatic carbocycles. The maximum atomic E-state index is 12.2. The lowest BCUT2D eigenvalue weighted by molar-refractivity contribution is -0.120. The molecule has 0 saturated carbocycles. The molecule has 1 rings (SSSR count). The Bertz CT molecular complexity index is 513. The van der Waals surface area contributed by atoms with Crippen LogP contribution in [0.2, 0.25) is 0 Å². The van der Waals surface area contributed by atoms with E-state index in [2.05, 4.69) is 15.3 Å². The Morgan fingerprint density at radius 3 is 2.30 bits per heavy atom. The summed E-state index contributed by atoms with van der Waals surface area (Å²) < 4.78 is 0. The zero-order valence-corrected chi connectivity index (χ0v) is 12.2. The van der Waals surface area contributed by atoms with E-state index in [1.54, 1.807) is 13.8 Å². The molecule has 110 valence electrons. The summed E-state index contributed by atoms with van der Waals surface area (Å²) in [6.07, 6.45) is 1.39. The van der Waals surface area contributed by atoms with E-state index in [9.17, 15) is 9.59 Å². The number of nitrogens with zero attached hydrogens (tertiary/aromatic N) is 2. The number of nitrogen functional groups attached to an aromatic ring is 1. The van der Waals surface area contributed by atoms with Crippen molar-refractivity contribution >= 4 is 17.5 Å². The van der Waals surface area contributed by atoms with Crippen molar-refractivity contribution in [3.05, 3.63) is 17.7 Å². The zero-order valence-electron chi connectivity index (χ0n) is 12.2. The number of anilines is 1. The van der Waals surface area contributed by atoms with E-state index in [0.717, 1.165) is 0 Å². The minimum absolute atomic E-state index is 0.0654. The second kappa shape index (κ2) is 6.31. The van der Waals surface area contributed by atoms with Crippen molar-refractivity contribution in [1.82, 2.24) is 15.3 Å². The largest absolute Gasteiger partial charge is 0.396 e.